The van der Waals surface area contributed by atoms with E-state index in [1.807, 2.05) is 13.8 Å². The van der Waals surface area contributed by atoms with Gasteiger partial charge in [-0.2, -0.15) is 0 Å². The second-order valence-electron chi connectivity index (χ2n) is 3.42. The van der Waals surface area contributed by atoms with Crippen LogP contribution >= 0.6 is 0 Å². The van der Waals surface area contributed by atoms with Crippen LogP contribution in [0.4, 0.5) is 0 Å². The molecule has 3 heteroatoms. The van der Waals surface area contributed by atoms with Crippen LogP contribution in [0.5, 0.6) is 0 Å². The third kappa shape index (κ3) is 3.80. The second-order valence-corrected chi connectivity index (χ2v) is 3.42. The van der Waals surface area contributed by atoms with Crippen molar-refractivity contribution < 1.29 is 9.90 Å². The fourth-order valence-corrected chi connectivity index (χ4v) is 1.21. The van der Waals surface area contributed by atoms with E-state index in [-0.39, 0.29) is 17.9 Å². The smallest absolute Gasteiger partial charge is 0.295 e. The second kappa shape index (κ2) is 6.44. The minimum absolute atomic E-state index is 0.0971. The summed E-state index contributed by atoms with van der Waals surface area (Å²) >= 11 is 0. The number of rotatable bonds is 5. The highest BCUT2D eigenvalue weighted by molar-refractivity contribution is 5.93. The van der Waals surface area contributed by atoms with Gasteiger partial charge in [-0.1, -0.05) is 19.8 Å². The first-order valence-corrected chi connectivity index (χ1v) is 4.95. The zero-order valence-corrected chi connectivity index (χ0v) is 9.18. The monoisotopic (exact) mass is 197 g/mol. The maximum absolute atomic E-state index is 11.1. The number of carbonyl (C=O) groups is 1. The van der Waals surface area contributed by atoms with E-state index in [9.17, 15) is 9.90 Å². The number of hydrogen-bond donors (Lipinski definition) is 2. The third-order valence-electron chi connectivity index (χ3n) is 2.70. The molecule has 0 atom stereocenters. The predicted molar refractivity (Wildman–Crippen MR) is 56.6 cm³/mol. The van der Waals surface area contributed by atoms with E-state index < -0.39 is 0 Å². The Bertz CT molecular complexity index is 225. The maximum Gasteiger partial charge on any atom is 0.295 e. The Balaban J connectivity index is 4.17. The molecule has 0 rings (SSSR count). The van der Waals surface area contributed by atoms with Gasteiger partial charge in [0.1, 0.15) is 0 Å². The van der Waals surface area contributed by atoms with Crippen molar-refractivity contribution in [3.05, 3.63) is 0 Å². The lowest BCUT2D eigenvalue weighted by molar-refractivity contribution is -0.116. The van der Waals surface area contributed by atoms with Gasteiger partial charge in [-0.15, -0.1) is 0 Å². The topological polar surface area (TPSA) is 49.3 Å². The van der Waals surface area contributed by atoms with Gasteiger partial charge in [0.25, 0.3) is 5.91 Å². The Hall–Kier alpha value is -1.01. The number of amides is 1. The van der Waals surface area contributed by atoms with E-state index in [0.29, 0.717) is 6.54 Å². The fraction of sp³-hybridized carbons (Fsp3) is 0.727. The molecule has 14 heavy (non-hydrogen) atoms. The Labute approximate surface area is 85.9 Å². The zero-order valence-electron chi connectivity index (χ0n) is 9.18. The molecule has 2 N–H and O–H groups in total. The largest absolute Gasteiger partial charge is 0.396 e. The summed E-state index contributed by atoms with van der Waals surface area (Å²) in [6.07, 6.45) is 1.69. The quantitative estimate of drug-likeness (QED) is 0.644. The van der Waals surface area contributed by atoms with Gasteiger partial charge in [0.2, 0.25) is 0 Å². The summed E-state index contributed by atoms with van der Waals surface area (Å²) in [4.78, 5) is 11.1. The molecule has 0 aromatic heterocycles. The van der Waals surface area contributed by atoms with Crippen LogP contribution in [0, 0.1) is 17.3 Å². The fourth-order valence-electron chi connectivity index (χ4n) is 1.21. The molecule has 0 aromatic carbocycles. The van der Waals surface area contributed by atoms with Gasteiger partial charge in [-0.05, 0) is 25.7 Å². The first-order valence-electron chi connectivity index (χ1n) is 4.95. The Kier molecular flexibility index (Phi) is 5.98. The summed E-state index contributed by atoms with van der Waals surface area (Å²) < 4.78 is 0. The van der Waals surface area contributed by atoms with Crippen molar-refractivity contribution in [1.29, 1.82) is 0 Å². The molecule has 0 aliphatic heterocycles. The van der Waals surface area contributed by atoms with Crippen LogP contribution in [-0.2, 0) is 4.79 Å². The minimum atomic E-state index is -0.271. The summed E-state index contributed by atoms with van der Waals surface area (Å²) in [5.74, 6) is 4.67. The third-order valence-corrected chi connectivity index (χ3v) is 2.70. The number of nitrogens with one attached hydrogen (secondary N) is 1. The molecule has 80 valence electrons. The van der Waals surface area contributed by atoms with Crippen LogP contribution < -0.4 is 5.32 Å². The maximum atomic E-state index is 11.1. The van der Waals surface area contributed by atoms with Crippen molar-refractivity contribution in [3.63, 3.8) is 0 Å². The highest BCUT2D eigenvalue weighted by Crippen LogP contribution is 2.24. The van der Waals surface area contributed by atoms with Crippen molar-refractivity contribution in [2.24, 2.45) is 5.41 Å². The van der Waals surface area contributed by atoms with Crippen LogP contribution in [0.1, 0.15) is 33.6 Å². The average molecular weight is 197 g/mol. The van der Waals surface area contributed by atoms with Crippen molar-refractivity contribution in [2.75, 3.05) is 13.2 Å². The van der Waals surface area contributed by atoms with Crippen molar-refractivity contribution in [2.45, 2.75) is 33.6 Å². The van der Waals surface area contributed by atoms with Crippen molar-refractivity contribution >= 4 is 5.91 Å². The zero-order chi connectivity index (χ0) is 11.0. The van der Waals surface area contributed by atoms with E-state index in [1.54, 1.807) is 6.92 Å². The molecule has 0 fully saturated rings. The van der Waals surface area contributed by atoms with Crippen LogP contribution in [0.25, 0.3) is 0 Å². The van der Waals surface area contributed by atoms with Gasteiger partial charge in [0, 0.05) is 12.0 Å². The van der Waals surface area contributed by atoms with E-state index >= 15 is 0 Å². The van der Waals surface area contributed by atoms with Gasteiger partial charge < -0.3 is 10.4 Å². The summed E-state index contributed by atoms with van der Waals surface area (Å²) in [6, 6.07) is 0. The lowest BCUT2D eigenvalue weighted by atomic mass is 9.83. The van der Waals surface area contributed by atoms with Crippen LogP contribution in [0.15, 0.2) is 0 Å². The van der Waals surface area contributed by atoms with Gasteiger partial charge >= 0.3 is 0 Å². The molecule has 0 saturated carbocycles. The van der Waals surface area contributed by atoms with E-state index in [0.717, 1.165) is 12.8 Å². The first kappa shape index (κ1) is 13.0. The highest BCUT2D eigenvalue weighted by atomic mass is 16.3. The molecule has 0 radical (unpaired) electrons. The van der Waals surface area contributed by atoms with E-state index in [2.05, 4.69) is 17.2 Å². The van der Waals surface area contributed by atoms with Crippen molar-refractivity contribution in [3.8, 4) is 11.8 Å². The van der Waals surface area contributed by atoms with Gasteiger partial charge in [-0.3, -0.25) is 4.79 Å². The number of hydrogen-bond acceptors (Lipinski definition) is 2. The van der Waals surface area contributed by atoms with E-state index in [1.165, 1.54) is 0 Å². The average Bonchev–Trinajstić information content (AvgIpc) is 2.21. The number of carbonyl (C=O) groups excluding carboxylic acids is 1. The van der Waals surface area contributed by atoms with Gasteiger partial charge in [0.05, 0.1) is 6.61 Å². The molecule has 1 amide bonds. The molecule has 0 bridgehead atoms. The van der Waals surface area contributed by atoms with Crippen molar-refractivity contribution in [1.82, 2.24) is 5.32 Å². The summed E-state index contributed by atoms with van der Waals surface area (Å²) in [5, 5.41) is 11.9. The Morgan fingerprint density at radius 3 is 2.36 bits per heavy atom. The number of aliphatic hydroxyl groups is 1. The molecule has 0 aromatic rings. The summed E-state index contributed by atoms with van der Waals surface area (Å²) in [7, 11) is 0. The molecule has 0 aliphatic carbocycles. The molecular weight excluding hydrogens is 178 g/mol. The Morgan fingerprint density at radius 2 is 2.00 bits per heavy atom. The minimum Gasteiger partial charge on any atom is -0.396 e. The predicted octanol–water partition coefficient (Wildman–Crippen LogP) is 0.925. The van der Waals surface area contributed by atoms with Gasteiger partial charge in [-0.25, -0.2) is 0 Å². The number of aliphatic hydroxyl groups excluding tert-OH is 1. The molecule has 0 heterocycles. The van der Waals surface area contributed by atoms with Crippen LogP contribution in [0.3, 0.4) is 0 Å². The van der Waals surface area contributed by atoms with Crippen LogP contribution in [0.2, 0.25) is 0 Å². The normalized spacial score (nSPS) is 10.3. The van der Waals surface area contributed by atoms with Crippen LogP contribution in [-0.4, -0.2) is 24.2 Å². The Morgan fingerprint density at radius 1 is 1.43 bits per heavy atom. The van der Waals surface area contributed by atoms with Gasteiger partial charge in [0.15, 0.2) is 0 Å². The molecule has 0 spiro atoms. The first-order chi connectivity index (χ1) is 6.64. The molecule has 0 aliphatic rings. The lowest BCUT2D eigenvalue weighted by Crippen LogP contribution is -2.38. The SMILES string of the molecule is CC#CC(=O)NCC(CC)(CC)CO. The highest BCUT2D eigenvalue weighted by Gasteiger charge is 2.25. The summed E-state index contributed by atoms with van der Waals surface area (Å²) in [6.45, 7) is 6.23. The molecule has 0 unspecified atom stereocenters. The van der Waals surface area contributed by atoms with E-state index in [4.69, 9.17) is 0 Å². The molecule has 3 nitrogen and oxygen atoms in total. The summed E-state index contributed by atoms with van der Waals surface area (Å²) in [5.41, 5.74) is -0.189. The standard InChI is InChI=1S/C11H19NO2/c1-4-7-10(14)12-8-11(5-2,6-3)9-13/h13H,5-6,8-9H2,1-3H3,(H,12,14). The molecule has 0 saturated heterocycles. The molecular formula is C11H19NO2. The lowest BCUT2D eigenvalue weighted by Gasteiger charge is -2.28.